The van der Waals surface area contributed by atoms with Crippen molar-refractivity contribution in [3.8, 4) is 11.5 Å². The van der Waals surface area contributed by atoms with E-state index in [2.05, 4.69) is 30.5 Å². The molecule has 0 aliphatic heterocycles. The quantitative estimate of drug-likeness (QED) is 0.810. The second-order valence-electron chi connectivity index (χ2n) is 5.71. The third-order valence-electron chi connectivity index (χ3n) is 3.70. The van der Waals surface area contributed by atoms with Gasteiger partial charge in [0.1, 0.15) is 11.5 Å². The third-order valence-corrected chi connectivity index (χ3v) is 3.70. The van der Waals surface area contributed by atoms with E-state index >= 15 is 0 Å². The standard InChI is InChI=1S/C19H24N2O3/c1-13(2)15-7-5-6-8-16(15)20-12-19(22)21-17-11-14(23-3)9-10-18(17)24-4/h5-11,13,20H,12H2,1-4H3,(H,21,22). The minimum atomic E-state index is -0.153. The topological polar surface area (TPSA) is 59.6 Å². The summed E-state index contributed by atoms with van der Waals surface area (Å²) in [7, 11) is 3.15. The van der Waals surface area contributed by atoms with Gasteiger partial charge in [-0.3, -0.25) is 4.79 Å². The summed E-state index contributed by atoms with van der Waals surface area (Å²) in [6, 6.07) is 13.3. The second kappa shape index (κ2) is 8.24. The third kappa shape index (κ3) is 4.41. The Morgan fingerprint density at radius 3 is 2.46 bits per heavy atom. The normalized spacial score (nSPS) is 10.4. The fourth-order valence-electron chi connectivity index (χ4n) is 2.44. The van der Waals surface area contributed by atoms with Gasteiger partial charge >= 0.3 is 0 Å². The van der Waals surface area contributed by atoms with Crippen LogP contribution >= 0.6 is 0 Å². The number of hydrogen-bond acceptors (Lipinski definition) is 4. The van der Waals surface area contributed by atoms with E-state index < -0.39 is 0 Å². The van der Waals surface area contributed by atoms with E-state index in [1.807, 2.05) is 18.2 Å². The van der Waals surface area contributed by atoms with Crippen molar-refractivity contribution >= 4 is 17.3 Å². The molecule has 2 N–H and O–H groups in total. The van der Waals surface area contributed by atoms with Gasteiger partial charge in [0.2, 0.25) is 5.91 Å². The lowest BCUT2D eigenvalue weighted by molar-refractivity contribution is -0.114. The molecule has 0 heterocycles. The van der Waals surface area contributed by atoms with Gasteiger partial charge in [-0.15, -0.1) is 0 Å². The predicted octanol–water partition coefficient (Wildman–Crippen LogP) is 3.88. The molecule has 128 valence electrons. The van der Waals surface area contributed by atoms with Gasteiger partial charge in [-0.25, -0.2) is 0 Å². The van der Waals surface area contributed by atoms with Gasteiger partial charge in [0.05, 0.1) is 26.5 Å². The largest absolute Gasteiger partial charge is 0.497 e. The van der Waals surface area contributed by atoms with E-state index in [-0.39, 0.29) is 12.5 Å². The molecular formula is C19H24N2O3. The molecule has 2 aromatic rings. The molecule has 0 fully saturated rings. The second-order valence-corrected chi connectivity index (χ2v) is 5.71. The van der Waals surface area contributed by atoms with Crippen LogP contribution in [0.5, 0.6) is 11.5 Å². The molecule has 0 aliphatic rings. The van der Waals surface area contributed by atoms with Gasteiger partial charge < -0.3 is 20.1 Å². The molecular weight excluding hydrogens is 304 g/mol. The lowest BCUT2D eigenvalue weighted by Crippen LogP contribution is -2.22. The summed E-state index contributed by atoms with van der Waals surface area (Å²) in [5.74, 6) is 1.48. The molecule has 1 amide bonds. The minimum absolute atomic E-state index is 0.153. The van der Waals surface area contributed by atoms with E-state index in [1.54, 1.807) is 32.4 Å². The number of amides is 1. The number of anilines is 2. The number of ether oxygens (including phenoxy) is 2. The molecule has 0 saturated heterocycles. The Bertz CT molecular complexity index is 699. The molecule has 2 aromatic carbocycles. The van der Waals surface area contributed by atoms with Gasteiger partial charge in [0.15, 0.2) is 0 Å². The van der Waals surface area contributed by atoms with Crippen molar-refractivity contribution in [2.75, 3.05) is 31.4 Å². The maximum Gasteiger partial charge on any atom is 0.243 e. The van der Waals surface area contributed by atoms with Crippen molar-refractivity contribution in [3.63, 3.8) is 0 Å². The molecule has 5 nitrogen and oxygen atoms in total. The lowest BCUT2D eigenvalue weighted by Gasteiger charge is -2.15. The van der Waals surface area contributed by atoms with Crippen molar-refractivity contribution in [2.24, 2.45) is 0 Å². The number of methoxy groups -OCH3 is 2. The highest BCUT2D eigenvalue weighted by Crippen LogP contribution is 2.29. The monoisotopic (exact) mass is 328 g/mol. The molecule has 0 aromatic heterocycles. The van der Waals surface area contributed by atoms with Crippen LogP contribution in [0.2, 0.25) is 0 Å². The first-order chi connectivity index (χ1) is 11.5. The fourth-order valence-corrected chi connectivity index (χ4v) is 2.44. The zero-order valence-corrected chi connectivity index (χ0v) is 14.6. The molecule has 0 radical (unpaired) electrons. The molecule has 0 unspecified atom stereocenters. The first kappa shape index (κ1) is 17.7. The first-order valence-corrected chi connectivity index (χ1v) is 7.89. The number of benzene rings is 2. The fraction of sp³-hybridized carbons (Fsp3) is 0.316. The van der Waals surface area contributed by atoms with Crippen LogP contribution in [0.1, 0.15) is 25.3 Å². The van der Waals surface area contributed by atoms with Gasteiger partial charge in [0.25, 0.3) is 0 Å². The number of carbonyl (C=O) groups excluding carboxylic acids is 1. The number of rotatable bonds is 7. The van der Waals surface area contributed by atoms with Crippen LogP contribution in [0.25, 0.3) is 0 Å². The van der Waals surface area contributed by atoms with E-state index in [9.17, 15) is 4.79 Å². The Labute approximate surface area is 143 Å². The summed E-state index contributed by atoms with van der Waals surface area (Å²) < 4.78 is 10.5. The summed E-state index contributed by atoms with van der Waals surface area (Å²) >= 11 is 0. The van der Waals surface area contributed by atoms with Gasteiger partial charge in [-0.2, -0.15) is 0 Å². The highest BCUT2D eigenvalue weighted by molar-refractivity contribution is 5.95. The highest BCUT2D eigenvalue weighted by Gasteiger charge is 2.11. The molecule has 5 heteroatoms. The van der Waals surface area contributed by atoms with Crippen LogP contribution in [0, 0.1) is 0 Å². The predicted molar refractivity (Wildman–Crippen MR) is 97.2 cm³/mol. The summed E-state index contributed by atoms with van der Waals surface area (Å²) in [6.07, 6.45) is 0. The summed E-state index contributed by atoms with van der Waals surface area (Å²) in [5.41, 5.74) is 2.74. The molecule has 0 saturated carbocycles. The number of nitrogens with one attached hydrogen (secondary N) is 2. The van der Waals surface area contributed by atoms with Crippen LogP contribution in [0.15, 0.2) is 42.5 Å². The van der Waals surface area contributed by atoms with E-state index in [0.29, 0.717) is 23.1 Å². The summed E-state index contributed by atoms with van der Waals surface area (Å²) in [4.78, 5) is 12.3. The van der Waals surface area contributed by atoms with Crippen molar-refractivity contribution in [3.05, 3.63) is 48.0 Å². The average molecular weight is 328 g/mol. The van der Waals surface area contributed by atoms with Gasteiger partial charge in [-0.05, 0) is 29.7 Å². The van der Waals surface area contributed by atoms with Gasteiger partial charge in [-0.1, -0.05) is 32.0 Å². The van der Waals surface area contributed by atoms with Crippen LogP contribution < -0.4 is 20.1 Å². The molecule has 2 rings (SSSR count). The van der Waals surface area contributed by atoms with Crippen molar-refractivity contribution in [1.29, 1.82) is 0 Å². The van der Waals surface area contributed by atoms with E-state index in [1.165, 1.54) is 5.56 Å². The first-order valence-electron chi connectivity index (χ1n) is 7.89. The Morgan fingerprint density at radius 2 is 1.79 bits per heavy atom. The maximum atomic E-state index is 12.3. The average Bonchev–Trinajstić information content (AvgIpc) is 2.60. The molecule has 0 atom stereocenters. The Morgan fingerprint density at radius 1 is 1.04 bits per heavy atom. The Hall–Kier alpha value is -2.69. The van der Waals surface area contributed by atoms with Crippen LogP contribution in [-0.4, -0.2) is 26.7 Å². The lowest BCUT2D eigenvalue weighted by atomic mass is 10.0. The van der Waals surface area contributed by atoms with Crippen LogP contribution in [-0.2, 0) is 4.79 Å². The Kier molecular flexibility index (Phi) is 6.07. The van der Waals surface area contributed by atoms with Gasteiger partial charge in [0, 0.05) is 11.8 Å². The SMILES string of the molecule is COc1ccc(OC)c(NC(=O)CNc2ccccc2C(C)C)c1. The minimum Gasteiger partial charge on any atom is -0.497 e. The van der Waals surface area contributed by atoms with Crippen LogP contribution in [0.3, 0.4) is 0 Å². The Balaban J connectivity index is 2.04. The van der Waals surface area contributed by atoms with E-state index in [4.69, 9.17) is 9.47 Å². The van der Waals surface area contributed by atoms with E-state index in [0.717, 1.165) is 5.69 Å². The summed E-state index contributed by atoms with van der Waals surface area (Å²) in [5, 5.41) is 6.05. The highest BCUT2D eigenvalue weighted by atomic mass is 16.5. The maximum absolute atomic E-state index is 12.3. The summed E-state index contributed by atoms with van der Waals surface area (Å²) in [6.45, 7) is 4.42. The molecule has 24 heavy (non-hydrogen) atoms. The number of hydrogen-bond donors (Lipinski definition) is 2. The molecule has 0 bridgehead atoms. The van der Waals surface area contributed by atoms with Crippen molar-refractivity contribution < 1.29 is 14.3 Å². The smallest absolute Gasteiger partial charge is 0.243 e. The number of carbonyl (C=O) groups is 1. The zero-order chi connectivity index (χ0) is 17.5. The van der Waals surface area contributed by atoms with Crippen molar-refractivity contribution in [2.45, 2.75) is 19.8 Å². The zero-order valence-electron chi connectivity index (χ0n) is 14.6. The van der Waals surface area contributed by atoms with Crippen molar-refractivity contribution in [1.82, 2.24) is 0 Å². The molecule has 0 aliphatic carbocycles. The van der Waals surface area contributed by atoms with Crippen LogP contribution in [0.4, 0.5) is 11.4 Å². The molecule has 0 spiro atoms. The number of para-hydroxylation sites is 1.